The van der Waals surface area contributed by atoms with Gasteiger partial charge in [0.2, 0.25) is 0 Å². The number of para-hydroxylation sites is 2. The first-order valence-electron chi connectivity index (χ1n) is 9.55. The molecule has 4 rings (SSSR count). The number of halogens is 1. The van der Waals surface area contributed by atoms with Gasteiger partial charge in [-0.3, -0.25) is 4.79 Å². The van der Waals surface area contributed by atoms with E-state index in [1.165, 1.54) is 6.07 Å². The predicted molar refractivity (Wildman–Crippen MR) is 112 cm³/mol. The summed E-state index contributed by atoms with van der Waals surface area (Å²) in [6, 6.07) is 19.8. The number of piperazine rings is 1. The van der Waals surface area contributed by atoms with Crippen LogP contribution in [0.25, 0.3) is 0 Å². The third-order valence-electron chi connectivity index (χ3n) is 5.11. The van der Waals surface area contributed by atoms with Gasteiger partial charge in [-0.1, -0.05) is 30.3 Å². The van der Waals surface area contributed by atoms with Crippen LogP contribution in [0.4, 0.5) is 21.6 Å². The van der Waals surface area contributed by atoms with Gasteiger partial charge in [0.05, 0.1) is 5.69 Å². The molecule has 1 aliphatic rings. The molecule has 148 valence electrons. The summed E-state index contributed by atoms with van der Waals surface area (Å²) in [6.45, 7) is 2.81. The largest absolute Gasteiger partial charge is 0.366 e. The minimum atomic E-state index is -0.209. The molecule has 0 bridgehead atoms. The zero-order chi connectivity index (χ0) is 20.2. The van der Waals surface area contributed by atoms with Gasteiger partial charge in [-0.2, -0.15) is 0 Å². The summed E-state index contributed by atoms with van der Waals surface area (Å²) in [6.07, 6.45) is 0. The zero-order valence-electron chi connectivity index (χ0n) is 16.2. The quantitative estimate of drug-likeness (QED) is 0.684. The lowest BCUT2D eigenvalue weighted by Gasteiger charge is -2.36. The molecule has 1 aromatic heterocycles. The highest BCUT2D eigenvalue weighted by atomic mass is 19.1. The predicted octanol–water partition coefficient (Wildman–Crippen LogP) is 3.22. The Balaban J connectivity index is 1.40. The van der Waals surface area contributed by atoms with Gasteiger partial charge in [0.1, 0.15) is 5.82 Å². The van der Waals surface area contributed by atoms with Gasteiger partial charge in [-0.15, -0.1) is 10.2 Å². The van der Waals surface area contributed by atoms with Crippen LogP contribution >= 0.6 is 0 Å². The Hall–Kier alpha value is -3.48. The number of rotatable bonds is 4. The lowest BCUT2D eigenvalue weighted by atomic mass is 10.2. The van der Waals surface area contributed by atoms with Crippen molar-refractivity contribution in [2.75, 3.05) is 47.9 Å². The summed E-state index contributed by atoms with van der Waals surface area (Å²) in [5.41, 5.74) is 1.72. The van der Waals surface area contributed by atoms with Gasteiger partial charge in [0.15, 0.2) is 11.5 Å². The van der Waals surface area contributed by atoms with E-state index >= 15 is 0 Å². The Morgan fingerprint density at radius 3 is 2.17 bits per heavy atom. The standard InChI is InChI=1S/C22H22FN5O/c1-26(17-7-3-2-4-8-17)22(29)19-11-12-21(25-24-19)28-15-13-27(14-16-28)20-10-6-5-9-18(20)23/h2-12H,13-16H2,1H3. The van der Waals surface area contributed by atoms with Crippen LogP contribution in [0.15, 0.2) is 66.7 Å². The van der Waals surface area contributed by atoms with Crippen LogP contribution in [-0.2, 0) is 0 Å². The summed E-state index contributed by atoms with van der Waals surface area (Å²) in [4.78, 5) is 18.3. The van der Waals surface area contributed by atoms with E-state index in [0.29, 0.717) is 37.6 Å². The molecule has 0 aliphatic carbocycles. The second-order valence-corrected chi connectivity index (χ2v) is 6.90. The third kappa shape index (κ3) is 4.03. The molecule has 0 unspecified atom stereocenters. The fourth-order valence-corrected chi connectivity index (χ4v) is 3.43. The van der Waals surface area contributed by atoms with Gasteiger partial charge in [-0.25, -0.2) is 4.39 Å². The van der Waals surface area contributed by atoms with Crippen molar-refractivity contribution in [3.63, 3.8) is 0 Å². The smallest absolute Gasteiger partial charge is 0.278 e. The molecule has 0 N–H and O–H groups in total. The van der Waals surface area contributed by atoms with E-state index in [0.717, 1.165) is 11.5 Å². The molecule has 6 nitrogen and oxygen atoms in total. The van der Waals surface area contributed by atoms with Crippen molar-refractivity contribution in [2.45, 2.75) is 0 Å². The maximum atomic E-state index is 14.0. The monoisotopic (exact) mass is 391 g/mol. The molecule has 2 aromatic carbocycles. The van der Waals surface area contributed by atoms with Gasteiger partial charge < -0.3 is 14.7 Å². The summed E-state index contributed by atoms with van der Waals surface area (Å²) in [5.74, 6) is 0.308. The summed E-state index contributed by atoms with van der Waals surface area (Å²) >= 11 is 0. The Kier molecular flexibility index (Phi) is 5.37. The van der Waals surface area contributed by atoms with Crippen LogP contribution in [0.1, 0.15) is 10.5 Å². The molecule has 1 fully saturated rings. The Labute approximate surface area is 169 Å². The molecule has 3 aromatic rings. The molecule has 0 spiro atoms. The number of aromatic nitrogens is 2. The molecule has 29 heavy (non-hydrogen) atoms. The number of benzene rings is 2. The van der Waals surface area contributed by atoms with Crippen LogP contribution in [0, 0.1) is 5.82 Å². The topological polar surface area (TPSA) is 52.6 Å². The van der Waals surface area contributed by atoms with Crippen molar-refractivity contribution < 1.29 is 9.18 Å². The van der Waals surface area contributed by atoms with Crippen molar-refractivity contribution in [3.05, 3.63) is 78.2 Å². The maximum Gasteiger partial charge on any atom is 0.278 e. The SMILES string of the molecule is CN(C(=O)c1ccc(N2CCN(c3ccccc3F)CC2)nn1)c1ccccc1. The first-order chi connectivity index (χ1) is 14.1. The second kappa shape index (κ2) is 8.26. The average molecular weight is 391 g/mol. The van der Waals surface area contributed by atoms with Crippen molar-refractivity contribution in [2.24, 2.45) is 0 Å². The number of hydrogen-bond donors (Lipinski definition) is 0. The molecular weight excluding hydrogens is 369 g/mol. The highest BCUT2D eigenvalue weighted by Crippen LogP contribution is 2.22. The van der Waals surface area contributed by atoms with Crippen LogP contribution in [0.5, 0.6) is 0 Å². The van der Waals surface area contributed by atoms with Crippen LogP contribution in [0.3, 0.4) is 0 Å². The molecule has 1 amide bonds. The van der Waals surface area contributed by atoms with E-state index in [4.69, 9.17) is 0 Å². The molecule has 0 radical (unpaired) electrons. The number of carbonyl (C=O) groups excluding carboxylic acids is 1. The molecule has 0 saturated carbocycles. The van der Waals surface area contributed by atoms with Crippen LogP contribution in [0.2, 0.25) is 0 Å². The van der Waals surface area contributed by atoms with Gasteiger partial charge in [0, 0.05) is 38.9 Å². The first kappa shape index (κ1) is 18.9. The minimum Gasteiger partial charge on any atom is -0.366 e. The van der Waals surface area contributed by atoms with Crippen molar-refractivity contribution in [3.8, 4) is 0 Å². The number of anilines is 3. The number of amides is 1. The maximum absolute atomic E-state index is 14.0. The molecular formula is C22H22FN5O. The summed E-state index contributed by atoms with van der Waals surface area (Å²) < 4.78 is 14.0. The van der Waals surface area contributed by atoms with Crippen molar-refractivity contribution in [1.29, 1.82) is 0 Å². The van der Waals surface area contributed by atoms with E-state index in [9.17, 15) is 9.18 Å². The fourth-order valence-electron chi connectivity index (χ4n) is 3.43. The minimum absolute atomic E-state index is 0.203. The fraction of sp³-hybridized carbons (Fsp3) is 0.227. The summed E-state index contributed by atoms with van der Waals surface area (Å²) in [7, 11) is 1.72. The average Bonchev–Trinajstić information content (AvgIpc) is 2.79. The van der Waals surface area contributed by atoms with E-state index in [-0.39, 0.29) is 11.7 Å². The lowest BCUT2D eigenvalue weighted by molar-refractivity contribution is 0.0987. The molecule has 7 heteroatoms. The summed E-state index contributed by atoms with van der Waals surface area (Å²) in [5, 5.41) is 8.39. The van der Waals surface area contributed by atoms with E-state index in [2.05, 4.69) is 15.1 Å². The highest BCUT2D eigenvalue weighted by Gasteiger charge is 2.21. The van der Waals surface area contributed by atoms with Crippen LogP contribution in [-0.4, -0.2) is 49.3 Å². The second-order valence-electron chi connectivity index (χ2n) is 6.90. The van der Waals surface area contributed by atoms with Crippen molar-refractivity contribution >= 4 is 23.1 Å². The zero-order valence-corrected chi connectivity index (χ0v) is 16.2. The Bertz CT molecular complexity index is 972. The molecule has 1 aliphatic heterocycles. The van der Waals surface area contributed by atoms with E-state index in [1.807, 2.05) is 47.4 Å². The molecule has 2 heterocycles. The Morgan fingerprint density at radius 2 is 1.52 bits per heavy atom. The van der Waals surface area contributed by atoms with Gasteiger partial charge >= 0.3 is 0 Å². The number of nitrogens with zero attached hydrogens (tertiary/aromatic N) is 5. The van der Waals surface area contributed by atoms with Crippen LogP contribution < -0.4 is 14.7 Å². The number of carbonyl (C=O) groups is 1. The van der Waals surface area contributed by atoms with Gasteiger partial charge in [0.25, 0.3) is 5.91 Å². The van der Waals surface area contributed by atoms with E-state index in [1.54, 1.807) is 30.1 Å². The lowest BCUT2D eigenvalue weighted by Crippen LogP contribution is -2.47. The first-order valence-corrected chi connectivity index (χ1v) is 9.55. The van der Waals surface area contributed by atoms with Crippen molar-refractivity contribution in [1.82, 2.24) is 10.2 Å². The highest BCUT2D eigenvalue weighted by molar-refractivity contribution is 6.04. The van der Waals surface area contributed by atoms with E-state index < -0.39 is 0 Å². The Morgan fingerprint density at radius 1 is 0.862 bits per heavy atom. The third-order valence-corrected chi connectivity index (χ3v) is 5.11. The molecule has 1 saturated heterocycles. The normalized spacial score (nSPS) is 14.0. The molecule has 0 atom stereocenters. The van der Waals surface area contributed by atoms with Gasteiger partial charge in [-0.05, 0) is 36.4 Å². The number of hydrogen-bond acceptors (Lipinski definition) is 5.